The van der Waals surface area contributed by atoms with E-state index in [2.05, 4.69) is 5.32 Å². The first-order chi connectivity index (χ1) is 19.3. The normalized spacial score (nSPS) is 42.2. The second kappa shape index (κ2) is 16.1. The van der Waals surface area contributed by atoms with E-state index in [1.807, 2.05) is 0 Å². The summed E-state index contributed by atoms with van der Waals surface area (Å²) in [7, 11) is 0. The van der Waals surface area contributed by atoms with Crippen molar-refractivity contribution in [3.8, 4) is 0 Å². The van der Waals surface area contributed by atoms with Crippen molar-refractivity contribution in [2.24, 2.45) is 0 Å². The van der Waals surface area contributed by atoms with Crippen LogP contribution >= 0.6 is 0 Å². The molecule has 0 aromatic carbocycles. The molecule has 10 N–H and O–H groups in total. The van der Waals surface area contributed by atoms with E-state index in [4.69, 9.17) is 23.7 Å². The van der Waals surface area contributed by atoms with Gasteiger partial charge in [0.2, 0.25) is 11.7 Å². The summed E-state index contributed by atoms with van der Waals surface area (Å²) in [6, 6.07) is -1.51. The van der Waals surface area contributed by atoms with Gasteiger partial charge >= 0.3 is 29.6 Å². The minimum absolute atomic E-state index is 0. The molecule has 3 saturated heterocycles. The van der Waals surface area contributed by atoms with Gasteiger partial charge in [-0.2, -0.15) is 0 Å². The van der Waals surface area contributed by atoms with E-state index < -0.39 is 123 Å². The molecule has 1 amide bonds. The second-order valence-corrected chi connectivity index (χ2v) is 10.2. The molecule has 0 aromatic heterocycles. The first kappa shape index (κ1) is 37.6. The third-order valence-electron chi connectivity index (χ3n) is 7.30. The number of nitrogens with one attached hydrogen (secondary N) is 1. The Kier molecular flexibility index (Phi) is 14.4. The van der Waals surface area contributed by atoms with E-state index in [-0.39, 0.29) is 42.6 Å². The van der Waals surface area contributed by atoms with Gasteiger partial charge in [-0.05, 0) is 6.42 Å². The molecular weight excluding hydrogens is 585 g/mol. The molecular formula is C23H38NNaO17. The fourth-order valence-electron chi connectivity index (χ4n) is 5.09. The minimum atomic E-state index is -3.04. The number of rotatable bonds is 11. The third kappa shape index (κ3) is 8.15. The Hall–Kier alpha value is -0.620. The van der Waals surface area contributed by atoms with Crippen LogP contribution in [-0.2, 0) is 33.3 Å². The smallest absolute Gasteiger partial charge is 0.544 e. The summed E-state index contributed by atoms with van der Waals surface area (Å²) in [5.74, 6) is -5.91. The van der Waals surface area contributed by atoms with Crippen molar-refractivity contribution in [3.63, 3.8) is 0 Å². The number of hydrogen-bond donors (Lipinski definition) is 10. The predicted molar refractivity (Wildman–Crippen MR) is 125 cm³/mol. The molecule has 3 heterocycles. The number of amides is 1. The Balaban J connectivity index is 0.00000616. The fourth-order valence-corrected chi connectivity index (χ4v) is 5.09. The Morgan fingerprint density at radius 3 is 2.24 bits per heavy atom. The Morgan fingerprint density at radius 2 is 1.69 bits per heavy atom. The summed E-state index contributed by atoms with van der Waals surface area (Å²) < 4.78 is 27.3. The number of carboxylic acid groups (broad SMARTS) is 1. The summed E-state index contributed by atoms with van der Waals surface area (Å²) in [6.07, 6.45) is -21.4. The zero-order valence-electron chi connectivity index (χ0n) is 23.0. The molecule has 3 rings (SSSR count). The standard InChI is InChI=1S/C23H39NO17.Na/c1-8(28)24-14-9(29)4-23(22(35)36,40-19(14)15(31)10(30)5-25)41-20-17(33)13(7-27)39-21(18(20)34)38-11-2-3-37-12(6-26)16(11)32;/h9-21,25-27,29-34H,2-7H2,1H3,(H,24,28)(H,35,36);/q;+1/p-1/t9-,10+,11+,12+,13+,14+,15-,16+,17-,18+,19+,20-,21+,23-;/m0./s1. The van der Waals surface area contributed by atoms with Gasteiger partial charge in [0.05, 0.1) is 38.1 Å². The average molecular weight is 624 g/mol. The Labute approximate surface area is 262 Å². The molecule has 3 aliphatic heterocycles. The maximum Gasteiger partial charge on any atom is 1.00 e. The quantitative estimate of drug-likeness (QED) is 0.0955. The molecule has 0 unspecified atom stereocenters. The van der Waals surface area contributed by atoms with Gasteiger partial charge in [0, 0.05) is 20.0 Å². The Morgan fingerprint density at radius 1 is 1.05 bits per heavy atom. The zero-order chi connectivity index (χ0) is 30.6. The van der Waals surface area contributed by atoms with Crippen LogP contribution in [0.15, 0.2) is 0 Å². The van der Waals surface area contributed by atoms with Crippen LogP contribution in [-0.4, -0.2) is 170 Å². The van der Waals surface area contributed by atoms with Crippen molar-refractivity contribution in [3.05, 3.63) is 0 Å². The minimum Gasteiger partial charge on any atom is -0.544 e. The van der Waals surface area contributed by atoms with Crippen LogP contribution in [0, 0.1) is 0 Å². The van der Waals surface area contributed by atoms with E-state index in [0.29, 0.717) is 0 Å². The predicted octanol–water partition coefficient (Wildman–Crippen LogP) is -10.8. The number of aliphatic hydroxyl groups excluding tert-OH is 9. The van der Waals surface area contributed by atoms with Gasteiger partial charge in [0.15, 0.2) is 6.29 Å². The molecule has 0 aromatic rings. The van der Waals surface area contributed by atoms with Crippen LogP contribution in [0.5, 0.6) is 0 Å². The number of hydrogen-bond acceptors (Lipinski definition) is 17. The molecule has 0 saturated carbocycles. The van der Waals surface area contributed by atoms with Crippen molar-refractivity contribution < 1.29 is 114 Å². The maximum atomic E-state index is 12.4. The van der Waals surface area contributed by atoms with Crippen LogP contribution in [0.1, 0.15) is 19.8 Å². The Bertz CT molecular complexity index is 888. The van der Waals surface area contributed by atoms with Gasteiger partial charge in [0.1, 0.15) is 60.9 Å². The van der Waals surface area contributed by atoms with Crippen molar-refractivity contribution in [2.75, 3.05) is 26.4 Å². The van der Waals surface area contributed by atoms with Gasteiger partial charge in [-0.3, -0.25) is 4.79 Å². The summed E-state index contributed by atoms with van der Waals surface area (Å²) in [5.41, 5.74) is 0. The van der Waals surface area contributed by atoms with E-state index in [0.717, 1.165) is 6.92 Å². The molecule has 42 heavy (non-hydrogen) atoms. The summed E-state index contributed by atoms with van der Waals surface area (Å²) >= 11 is 0. The fraction of sp³-hybridized carbons (Fsp3) is 0.913. The summed E-state index contributed by atoms with van der Waals surface area (Å²) in [6.45, 7) is -1.34. The van der Waals surface area contributed by atoms with Gasteiger partial charge in [0.25, 0.3) is 0 Å². The van der Waals surface area contributed by atoms with Crippen LogP contribution in [0.2, 0.25) is 0 Å². The largest absolute Gasteiger partial charge is 1.00 e. The molecule has 0 bridgehead atoms. The number of aliphatic hydroxyl groups is 9. The van der Waals surface area contributed by atoms with Gasteiger partial charge < -0.3 is 84.9 Å². The molecule has 0 spiro atoms. The first-order valence-corrected chi connectivity index (χ1v) is 13.0. The van der Waals surface area contributed by atoms with E-state index in [1.54, 1.807) is 0 Å². The molecule has 0 radical (unpaired) electrons. The third-order valence-corrected chi connectivity index (χ3v) is 7.30. The monoisotopic (exact) mass is 623 g/mol. The van der Waals surface area contributed by atoms with E-state index in [9.17, 15) is 60.7 Å². The molecule has 14 atom stereocenters. The first-order valence-electron chi connectivity index (χ1n) is 13.0. The number of carboxylic acids is 1. The zero-order valence-corrected chi connectivity index (χ0v) is 25.0. The van der Waals surface area contributed by atoms with Crippen LogP contribution in [0.25, 0.3) is 0 Å². The summed E-state index contributed by atoms with van der Waals surface area (Å²) in [5, 5.41) is 107. The van der Waals surface area contributed by atoms with Crippen LogP contribution < -0.4 is 40.0 Å². The molecule has 3 fully saturated rings. The molecule has 3 aliphatic rings. The van der Waals surface area contributed by atoms with Crippen molar-refractivity contribution in [1.29, 1.82) is 0 Å². The average Bonchev–Trinajstić information content (AvgIpc) is 2.93. The summed E-state index contributed by atoms with van der Waals surface area (Å²) in [4.78, 5) is 24.1. The molecule has 19 heteroatoms. The number of carbonyl (C=O) groups is 2. The second-order valence-electron chi connectivity index (χ2n) is 10.2. The topological polar surface area (TPSA) is 297 Å². The van der Waals surface area contributed by atoms with Crippen LogP contribution in [0.3, 0.4) is 0 Å². The van der Waals surface area contributed by atoms with Gasteiger partial charge in [-0.15, -0.1) is 0 Å². The maximum absolute atomic E-state index is 12.4. The molecule has 18 nitrogen and oxygen atoms in total. The number of carbonyl (C=O) groups excluding carboxylic acids is 2. The van der Waals surface area contributed by atoms with Gasteiger partial charge in [-0.25, -0.2) is 0 Å². The number of aliphatic carboxylic acids is 1. The van der Waals surface area contributed by atoms with Crippen molar-refractivity contribution in [1.82, 2.24) is 5.32 Å². The SMILES string of the molecule is CC(=O)N[C@H]1[C@H]([C@@H](O)[C@H](O)CO)O[C@@](O[C@H]2[C@@H](O)[C@@H](CO)O[C@@H](O[C@@H]3CCO[C@H](CO)[C@@H]3O)[C@@H]2O)(C(=O)[O-])C[C@@H]1O.[Na+]. The molecule has 0 aliphatic carbocycles. The van der Waals surface area contributed by atoms with E-state index >= 15 is 0 Å². The van der Waals surface area contributed by atoms with Crippen LogP contribution in [0.4, 0.5) is 0 Å². The van der Waals surface area contributed by atoms with Crippen molar-refractivity contribution in [2.45, 2.75) is 105 Å². The van der Waals surface area contributed by atoms with Crippen molar-refractivity contribution >= 4 is 11.9 Å². The molecule has 238 valence electrons. The van der Waals surface area contributed by atoms with Gasteiger partial charge in [-0.1, -0.05) is 0 Å². The number of ether oxygens (including phenoxy) is 5. The van der Waals surface area contributed by atoms with E-state index in [1.165, 1.54) is 0 Å².